The first-order valence-electron chi connectivity index (χ1n) is 6.39. The quantitative estimate of drug-likeness (QED) is 0.889. The molecule has 1 aliphatic heterocycles. The van der Waals surface area contributed by atoms with Crippen LogP contribution in [0.25, 0.3) is 0 Å². The highest BCUT2D eigenvalue weighted by molar-refractivity contribution is 7.91. The Morgan fingerprint density at radius 1 is 1.37 bits per heavy atom. The van der Waals surface area contributed by atoms with Gasteiger partial charge in [-0.15, -0.1) is 11.3 Å². The number of nitrogens with one attached hydrogen (secondary N) is 1. The van der Waals surface area contributed by atoms with Gasteiger partial charge in [-0.3, -0.25) is 4.79 Å². The molecule has 1 N–H and O–H groups in total. The fourth-order valence-corrected chi connectivity index (χ4v) is 5.09. The van der Waals surface area contributed by atoms with Crippen molar-refractivity contribution in [2.24, 2.45) is 0 Å². The molecule has 106 valence electrons. The number of hydrogen-bond donors (Lipinski definition) is 1. The third-order valence-electron chi connectivity index (χ3n) is 3.00. The van der Waals surface area contributed by atoms with E-state index in [-0.39, 0.29) is 12.3 Å². The molecule has 0 aliphatic carbocycles. The molecule has 0 radical (unpaired) electrons. The number of thiophene rings is 1. The SMILES string of the molecule is CCNC(=O)Cc1ccc(S(=O)(=O)N2CCCC2)s1. The Hall–Kier alpha value is -0.920. The summed E-state index contributed by atoms with van der Waals surface area (Å²) in [5.74, 6) is -0.0746. The van der Waals surface area contributed by atoms with Gasteiger partial charge in [-0.1, -0.05) is 0 Å². The molecule has 0 saturated carbocycles. The molecule has 1 aromatic heterocycles. The van der Waals surface area contributed by atoms with Gasteiger partial charge in [0.2, 0.25) is 5.91 Å². The standard InChI is InChI=1S/C12H18N2O3S2/c1-2-13-11(15)9-10-5-6-12(18-10)19(16,17)14-7-3-4-8-14/h5-6H,2-4,7-9H2,1H3,(H,13,15). The Bertz CT molecular complexity index is 545. The fourth-order valence-electron chi connectivity index (χ4n) is 2.07. The van der Waals surface area contributed by atoms with Gasteiger partial charge in [0, 0.05) is 24.5 Å². The van der Waals surface area contributed by atoms with Crippen LogP contribution < -0.4 is 5.32 Å². The van der Waals surface area contributed by atoms with Crippen molar-refractivity contribution in [3.8, 4) is 0 Å². The summed E-state index contributed by atoms with van der Waals surface area (Å²) in [6.07, 6.45) is 2.10. The highest BCUT2D eigenvalue weighted by Gasteiger charge is 2.28. The number of likely N-dealkylation sites (N-methyl/N-ethyl adjacent to an activating group) is 1. The summed E-state index contributed by atoms with van der Waals surface area (Å²) in [6.45, 7) is 3.65. The van der Waals surface area contributed by atoms with E-state index in [9.17, 15) is 13.2 Å². The van der Waals surface area contributed by atoms with Crippen LogP contribution in [0.4, 0.5) is 0 Å². The molecule has 0 atom stereocenters. The lowest BCUT2D eigenvalue weighted by Gasteiger charge is -2.13. The Morgan fingerprint density at radius 3 is 2.68 bits per heavy atom. The van der Waals surface area contributed by atoms with Crippen molar-refractivity contribution in [3.05, 3.63) is 17.0 Å². The predicted octanol–water partition coefficient (Wildman–Crippen LogP) is 1.21. The van der Waals surface area contributed by atoms with Gasteiger partial charge in [0.05, 0.1) is 6.42 Å². The first kappa shape index (κ1) is 14.5. The average molecular weight is 302 g/mol. The number of rotatable bonds is 5. The highest BCUT2D eigenvalue weighted by atomic mass is 32.2. The second kappa shape index (κ2) is 6.02. The van der Waals surface area contributed by atoms with Crippen LogP contribution in [-0.2, 0) is 21.2 Å². The molecular weight excluding hydrogens is 284 g/mol. The minimum atomic E-state index is -3.35. The molecule has 1 aliphatic rings. The minimum Gasteiger partial charge on any atom is -0.356 e. The summed E-state index contributed by atoms with van der Waals surface area (Å²) < 4.78 is 26.5. The third-order valence-corrected chi connectivity index (χ3v) is 6.46. The van der Waals surface area contributed by atoms with Gasteiger partial charge in [0.15, 0.2) is 0 Å². The summed E-state index contributed by atoms with van der Waals surface area (Å²) in [7, 11) is -3.35. The number of nitrogens with zero attached hydrogens (tertiary/aromatic N) is 1. The van der Waals surface area contributed by atoms with Crippen LogP contribution in [0.1, 0.15) is 24.6 Å². The molecule has 7 heteroatoms. The van der Waals surface area contributed by atoms with E-state index in [1.54, 1.807) is 12.1 Å². The van der Waals surface area contributed by atoms with E-state index in [4.69, 9.17) is 0 Å². The molecule has 1 amide bonds. The van der Waals surface area contributed by atoms with Crippen LogP contribution in [0.3, 0.4) is 0 Å². The van der Waals surface area contributed by atoms with Crippen molar-refractivity contribution in [2.45, 2.75) is 30.4 Å². The molecule has 19 heavy (non-hydrogen) atoms. The molecule has 0 bridgehead atoms. The molecule has 2 rings (SSSR count). The van der Waals surface area contributed by atoms with Gasteiger partial charge < -0.3 is 5.32 Å². The van der Waals surface area contributed by atoms with Crippen LogP contribution >= 0.6 is 11.3 Å². The van der Waals surface area contributed by atoms with Gasteiger partial charge in [0.25, 0.3) is 10.0 Å². The van der Waals surface area contributed by atoms with Crippen LogP contribution in [0, 0.1) is 0 Å². The monoisotopic (exact) mass is 302 g/mol. The van der Waals surface area contributed by atoms with E-state index < -0.39 is 10.0 Å². The lowest BCUT2D eigenvalue weighted by molar-refractivity contribution is -0.120. The topological polar surface area (TPSA) is 66.5 Å². The van der Waals surface area contributed by atoms with E-state index >= 15 is 0 Å². The van der Waals surface area contributed by atoms with Crippen LogP contribution in [0.5, 0.6) is 0 Å². The summed E-state index contributed by atoms with van der Waals surface area (Å²) >= 11 is 1.19. The largest absolute Gasteiger partial charge is 0.356 e. The van der Waals surface area contributed by atoms with Crippen molar-refractivity contribution >= 4 is 27.3 Å². The zero-order valence-corrected chi connectivity index (χ0v) is 12.5. The Labute approximate surface area is 117 Å². The van der Waals surface area contributed by atoms with Crippen molar-refractivity contribution in [3.63, 3.8) is 0 Å². The molecule has 5 nitrogen and oxygen atoms in total. The zero-order chi connectivity index (χ0) is 13.9. The number of sulfonamides is 1. The Morgan fingerprint density at radius 2 is 2.05 bits per heavy atom. The van der Waals surface area contributed by atoms with Crippen LogP contribution in [0.15, 0.2) is 16.3 Å². The molecule has 0 aromatic carbocycles. The van der Waals surface area contributed by atoms with E-state index in [2.05, 4.69) is 5.32 Å². The third kappa shape index (κ3) is 3.34. The maximum atomic E-state index is 12.3. The average Bonchev–Trinajstić information content (AvgIpc) is 2.99. The smallest absolute Gasteiger partial charge is 0.252 e. The van der Waals surface area contributed by atoms with Gasteiger partial charge in [-0.25, -0.2) is 8.42 Å². The maximum absolute atomic E-state index is 12.3. The summed E-state index contributed by atoms with van der Waals surface area (Å²) in [4.78, 5) is 12.2. The number of carbonyl (C=O) groups is 1. The molecule has 0 spiro atoms. The molecule has 1 saturated heterocycles. The molecular formula is C12H18N2O3S2. The highest BCUT2D eigenvalue weighted by Crippen LogP contribution is 2.27. The number of amides is 1. The Kier molecular flexibility index (Phi) is 4.59. The lowest BCUT2D eigenvalue weighted by Crippen LogP contribution is -2.27. The number of hydrogen-bond acceptors (Lipinski definition) is 4. The normalized spacial score (nSPS) is 16.7. The molecule has 2 heterocycles. The van der Waals surface area contributed by atoms with E-state index in [1.807, 2.05) is 6.92 Å². The second-order valence-corrected chi connectivity index (χ2v) is 7.80. The van der Waals surface area contributed by atoms with Gasteiger partial charge >= 0.3 is 0 Å². The maximum Gasteiger partial charge on any atom is 0.252 e. The summed E-state index contributed by atoms with van der Waals surface area (Å²) in [6, 6.07) is 3.33. The van der Waals surface area contributed by atoms with Crippen molar-refractivity contribution < 1.29 is 13.2 Å². The first-order valence-corrected chi connectivity index (χ1v) is 8.65. The van der Waals surface area contributed by atoms with Crippen LogP contribution in [-0.4, -0.2) is 38.3 Å². The molecule has 1 aromatic rings. The van der Waals surface area contributed by atoms with Gasteiger partial charge in [0.1, 0.15) is 4.21 Å². The van der Waals surface area contributed by atoms with Crippen LogP contribution in [0.2, 0.25) is 0 Å². The van der Waals surface area contributed by atoms with Crippen molar-refractivity contribution in [2.75, 3.05) is 19.6 Å². The minimum absolute atomic E-state index is 0.0746. The zero-order valence-electron chi connectivity index (χ0n) is 10.9. The van der Waals surface area contributed by atoms with Gasteiger partial charge in [-0.2, -0.15) is 4.31 Å². The van der Waals surface area contributed by atoms with E-state index in [0.717, 1.165) is 17.7 Å². The molecule has 0 unspecified atom stereocenters. The summed E-state index contributed by atoms with van der Waals surface area (Å²) in [5.41, 5.74) is 0. The van der Waals surface area contributed by atoms with Crippen molar-refractivity contribution in [1.29, 1.82) is 0 Å². The predicted molar refractivity (Wildman–Crippen MR) is 74.7 cm³/mol. The summed E-state index contributed by atoms with van der Waals surface area (Å²) in [5, 5.41) is 2.70. The first-order chi connectivity index (χ1) is 9.04. The second-order valence-electron chi connectivity index (χ2n) is 4.46. The lowest BCUT2D eigenvalue weighted by atomic mass is 10.3. The van der Waals surface area contributed by atoms with Crippen molar-refractivity contribution in [1.82, 2.24) is 9.62 Å². The number of carbonyl (C=O) groups excluding carboxylic acids is 1. The fraction of sp³-hybridized carbons (Fsp3) is 0.583. The van der Waals surface area contributed by atoms with E-state index in [0.29, 0.717) is 23.8 Å². The molecule has 1 fully saturated rings. The van der Waals surface area contributed by atoms with Gasteiger partial charge in [-0.05, 0) is 31.9 Å². The van der Waals surface area contributed by atoms with E-state index in [1.165, 1.54) is 15.6 Å². The Balaban J connectivity index is 2.10.